The molecule has 3 N–H and O–H groups in total. The van der Waals surface area contributed by atoms with Crippen molar-refractivity contribution in [1.29, 1.82) is 0 Å². The SMILES string of the molecule is CCO/C(N)=C(/C(=O)O)c1ccccc1. The molecule has 0 amide bonds. The fourth-order valence-corrected chi connectivity index (χ4v) is 1.20. The second kappa shape index (κ2) is 5.05. The maximum Gasteiger partial charge on any atom is 0.341 e. The van der Waals surface area contributed by atoms with Crippen LogP contribution in [0.1, 0.15) is 12.5 Å². The molecule has 1 rings (SSSR count). The first-order valence-electron chi connectivity index (χ1n) is 4.58. The van der Waals surface area contributed by atoms with Crippen LogP contribution in [0.4, 0.5) is 0 Å². The number of hydrogen-bond donors (Lipinski definition) is 2. The minimum atomic E-state index is -1.09. The zero-order valence-corrected chi connectivity index (χ0v) is 8.43. The van der Waals surface area contributed by atoms with Crippen molar-refractivity contribution >= 4 is 11.5 Å². The first kappa shape index (κ1) is 11.1. The number of benzene rings is 1. The van der Waals surface area contributed by atoms with Crippen molar-refractivity contribution in [3.8, 4) is 0 Å². The van der Waals surface area contributed by atoms with Gasteiger partial charge in [0.25, 0.3) is 0 Å². The molecule has 0 saturated carbocycles. The van der Waals surface area contributed by atoms with Gasteiger partial charge in [-0.25, -0.2) is 4.79 Å². The van der Waals surface area contributed by atoms with Gasteiger partial charge in [0.05, 0.1) is 6.61 Å². The maximum absolute atomic E-state index is 11.0. The molecule has 80 valence electrons. The predicted molar refractivity (Wildman–Crippen MR) is 56.8 cm³/mol. The highest BCUT2D eigenvalue weighted by molar-refractivity contribution is 6.15. The van der Waals surface area contributed by atoms with Crippen molar-refractivity contribution in [2.45, 2.75) is 6.92 Å². The Labute approximate surface area is 88.0 Å². The van der Waals surface area contributed by atoms with Crippen molar-refractivity contribution in [2.24, 2.45) is 5.73 Å². The van der Waals surface area contributed by atoms with Crippen LogP contribution in [0.2, 0.25) is 0 Å². The number of carbonyl (C=O) groups is 1. The summed E-state index contributed by atoms with van der Waals surface area (Å²) in [5.74, 6) is -1.15. The Bertz CT molecular complexity index is 371. The first-order chi connectivity index (χ1) is 7.16. The van der Waals surface area contributed by atoms with Crippen LogP contribution in [0, 0.1) is 0 Å². The molecule has 0 aliphatic carbocycles. The first-order valence-corrected chi connectivity index (χ1v) is 4.58. The Morgan fingerprint density at radius 1 is 1.40 bits per heavy atom. The average Bonchev–Trinajstić information content (AvgIpc) is 2.19. The average molecular weight is 207 g/mol. The van der Waals surface area contributed by atoms with Gasteiger partial charge in [0.2, 0.25) is 0 Å². The van der Waals surface area contributed by atoms with E-state index < -0.39 is 5.97 Å². The number of rotatable bonds is 4. The van der Waals surface area contributed by atoms with E-state index in [1.807, 2.05) is 0 Å². The van der Waals surface area contributed by atoms with E-state index in [2.05, 4.69) is 0 Å². The van der Waals surface area contributed by atoms with Gasteiger partial charge in [-0.05, 0) is 12.5 Å². The second-order valence-corrected chi connectivity index (χ2v) is 2.84. The van der Waals surface area contributed by atoms with Crippen molar-refractivity contribution in [3.05, 3.63) is 41.8 Å². The minimum Gasteiger partial charge on any atom is -0.479 e. The van der Waals surface area contributed by atoms with Gasteiger partial charge in [-0.15, -0.1) is 0 Å². The molecule has 0 aliphatic heterocycles. The van der Waals surface area contributed by atoms with Gasteiger partial charge >= 0.3 is 5.97 Å². The number of nitrogens with two attached hydrogens (primary N) is 1. The van der Waals surface area contributed by atoms with Gasteiger partial charge < -0.3 is 15.6 Å². The molecular formula is C11H13NO3. The largest absolute Gasteiger partial charge is 0.479 e. The highest BCUT2D eigenvalue weighted by Gasteiger charge is 2.15. The van der Waals surface area contributed by atoms with E-state index in [4.69, 9.17) is 15.6 Å². The summed E-state index contributed by atoms with van der Waals surface area (Å²) in [6, 6.07) is 8.65. The smallest absolute Gasteiger partial charge is 0.341 e. The number of carboxylic acids is 1. The lowest BCUT2D eigenvalue weighted by molar-refractivity contribution is -0.130. The van der Waals surface area contributed by atoms with Crippen molar-refractivity contribution in [1.82, 2.24) is 0 Å². The van der Waals surface area contributed by atoms with Gasteiger partial charge in [0.1, 0.15) is 5.57 Å². The molecule has 0 radical (unpaired) electrons. The summed E-state index contributed by atoms with van der Waals surface area (Å²) in [5, 5.41) is 9.01. The second-order valence-electron chi connectivity index (χ2n) is 2.84. The van der Waals surface area contributed by atoms with Crippen molar-refractivity contribution in [3.63, 3.8) is 0 Å². The molecule has 0 bridgehead atoms. The molecule has 0 aliphatic rings. The van der Waals surface area contributed by atoms with Crippen LogP contribution in [0.15, 0.2) is 36.2 Å². The topological polar surface area (TPSA) is 72.5 Å². The third kappa shape index (κ3) is 2.74. The van der Waals surface area contributed by atoms with E-state index >= 15 is 0 Å². The fraction of sp³-hybridized carbons (Fsp3) is 0.182. The molecule has 0 heterocycles. The van der Waals surface area contributed by atoms with Crippen LogP contribution >= 0.6 is 0 Å². The number of carboxylic acid groups (broad SMARTS) is 1. The fourth-order valence-electron chi connectivity index (χ4n) is 1.20. The molecular weight excluding hydrogens is 194 g/mol. The summed E-state index contributed by atoms with van der Waals surface area (Å²) < 4.78 is 5.00. The molecule has 0 spiro atoms. The van der Waals surface area contributed by atoms with Gasteiger partial charge in [0.15, 0.2) is 5.88 Å². The molecule has 0 aromatic heterocycles. The molecule has 0 saturated heterocycles. The number of hydrogen-bond acceptors (Lipinski definition) is 3. The van der Waals surface area contributed by atoms with Gasteiger partial charge in [-0.1, -0.05) is 30.3 Å². The quantitative estimate of drug-likeness (QED) is 0.578. The summed E-state index contributed by atoms with van der Waals surface area (Å²) in [5.41, 5.74) is 6.07. The van der Waals surface area contributed by atoms with Gasteiger partial charge in [-0.3, -0.25) is 0 Å². The van der Waals surface area contributed by atoms with Crippen LogP contribution < -0.4 is 5.73 Å². The lowest BCUT2D eigenvalue weighted by atomic mass is 10.1. The monoisotopic (exact) mass is 207 g/mol. The van der Waals surface area contributed by atoms with Gasteiger partial charge in [-0.2, -0.15) is 0 Å². The van der Waals surface area contributed by atoms with Gasteiger partial charge in [0, 0.05) is 0 Å². The summed E-state index contributed by atoms with van der Waals surface area (Å²) in [6.45, 7) is 2.09. The molecule has 15 heavy (non-hydrogen) atoms. The summed E-state index contributed by atoms with van der Waals surface area (Å²) in [4.78, 5) is 11.0. The predicted octanol–water partition coefficient (Wildman–Crippen LogP) is 1.44. The molecule has 4 nitrogen and oxygen atoms in total. The normalized spacial score (nSPS) is 11.8. The Balaban J connectivity index is 3.15. The lowest BCUT2D eigenvalue weighted by Gasteiger charge is -2.08. The Hall–Kier alpha value is -1.97. The van der Waals surface area contributed by atoms with Crippen LogP contribution in [-0.4, -0.2) is 17.7 Å². The maximum atomic E-state index is 11.0. The molecule has 0 atom stereocenters. The third-order valence-electron chi connectivity index (χ3n) is 1.82. The summed E-state index contributed by atoms with van der Waals surface area (Å²) in [7, 11) is 0. The van der Waals surface area contributed by atoms with Crippen molar-refractivity contribution < 1.29 is 14.6 Å². The van der Waals surface area contributed by atoms with Crippen LogP contribution in [-0.2, 0) is 9.53 Å². The number of aliphatic carboxylic acids is 1. The Kier molecular flexibility index (Phi) is 3.74. The van der Waals surface area contributed by atoms with E-state index in [1.165, 1.54) is 0 Å². The lowest BCUT2D eigenvalue weighted by Crippen LogP contribution is -2.12. The Morgan fingerprint density at radius 3 is 2.47 bits per heavy atom. The zero-order chi connectivity index (χ0) is 11.3. The number of ether oxygens (including phenoxy) is 1. The Morgan fingerprint density at radius 2 is 2.00 bits per heavy atom. The summed E-state index contributed by atoms with van der Waals surface area (Å²) >= 11 is 0. The van der Waals surface area contributed by atoms with E-state index in [0.717, 1.165) is 0 Å². The van der Waals surface area contributed by atoms with E-state index in [9.17, 15) is 4.79 Å². The third-order valence-corrected chi connectivity index (χ3v) is 1.82. The van der Waals surface area contributed by atoms with E-state index in [0.29, 0.717) is 12.2 Å². The van der Waals surface area contributed by atoms with E-state index in [-0.39, 0.29) is 11.5 Å². The molecule has 0 unspecified atom stereocenters. The molecule has 0 fully saturated rings. The molecule has 1 aromatic rings. The van der Waals surface area contributed by atoms with Crippen LogP contribution in [0.5, 0.6) is 0 Å². The summed E-state index contributed by atoms with van der Waals surface area (Å²) in [6.07, 6.45) is 0. The zero-order valence-electron chi connectivity index (χ0n) is 8.43. The minimum absolute atomic E-state index is 0.00236. The standard InChI is InChI=1S/C11H13NO3/c1-2-15-10(12)9(11(13)14)8-6-4-3-5-7-8/h3-7H,2,12H2,1H3,(H,13,14)/b10-9+. The van der Waals surface area contributed by atoms with Crippen molar-refractivity contribution in [2.75, 3.05) is 6.61 Å². The highest BCUT2D eigenvalue weighted by Crippen LogP contribution is 2.16. The van der Waals surface area contributed by atoms with Crippen LogP contribution in [0.3, 0.4) is 0 Å². The van der Waals surface area contributed by atoms with Crippen LogP contribution in [0.25, 0.3) is 5.57 Å². The molecule has 1 aromatic carbocycles. The molecule has 4 heteroatoms. The highest BCUT2D eigenvalue weighted by atomic mass is 16.5. The van der Waals surface area contributed by atoms with E-state index in [1.54, 1.807) is 37.3 Å².